The van der Waals surface area contributed by atoms with Gasteiger partial charge in [0.15, 0.2) is 0 Å². The third-order valence-corrected chi connectivity index (χ3v) is 3.27. The van der Waals surface area contributed by atoms with Gasteiger partial charge >= 0.3 is 0 Å². The van der Waals surface area contributed by atoms with Crippen molar-refractivity contribution >= 4 is 17.3 Å². The Labute approximate surface area is 116 Å². The summed E-state index contributed by atoms with van der Waals surface area (Å²) in [6, 6.07) is 6.66. The summed E-state index contributed by atoms with van der Waals surface area (Å²) < 4.78 is 0. The molecule has 1 aromatic carbocycles. The molecule has 0 aliphatic carbocycles. The van der Waals surface area contributed by atoms with Crippen LogP contribution < -0.4 is 10.2 Å². The first kappa shape index (κ1) is 15.3. The molecule has 0 radical (unpaired) electrons. The van der Waals surface area contributed by atoms with Crippen molar-refractivity contribution in [3.05, 3.63) is 28.8 Å². The molecule has 1 rings (SSSR count). The van der Waals surface area contributed by atoms with E-state index in [1.807, 2.05) is 12.1 Å². The fourth-order valence-corrected chi connectivity index (χ4v) is 2.38. The summed E-state index contributed by atoms with van der Waals surface area (Å²) in [7, 11) is 0. The summed E-state index contributed by atoms with van der Waals surface area (Å²) >= 11 is 6.38. The average Bonchev–Trinajstić information content (AvgIpc) is 2.34. The molecule has 1 aromatic rings. The number of nitrogens with zero attached hydrogens (tertiary/aromatic N) is 1. The molecule has 3 heteroatoms. The number of rotatable bonds is 7. The van der Waals surface area contributed by atoms with Crippen LogP contribution in [0.1, 0.15) is 39.7 Å². The van der Waals surface area contributed by atoms with Crippen LogP contribution in [0.5, 0.6) is 0 Å². The van der Waals surface area contributed by atoms with Crippen LogP contribution in [0.15, 0.2) is 18.2 Å². The van der Waals surface area contributed by atoms with Gasteiger partial charge in [0.2, 0.25) is 0 Å². The Bertz CT molecular complexity index is 364. The standard InChI is InChI=1S/C15H25ClN2/c1-5-10-18(6-2)15-13(11-17-12(3)4)8-7-9-14(15)16/h7-9,12,17H,5-6,10-11H2,1-4H3. The number of anilines is 1. The molecule has 0 atom stereocenters. The zero-order valence-electron chi connectivity index (χ0n) is 12.0. The normalized spacial score (nSPS) is 11.0. The van der Waals surface area contributed by atoms with E-state index >= 15 is 0 Å². The zero-order valence-corrected chi connectivity index (χ0v) is 12.7. The van der Waals surface area contributed by atoms with Gasteiger partial charge in [-0.1, -0.05) is 44.5 Å². The molecule has 18 heavy (non-hydrogen) atoms. The van der Waals surface area contributed by atoms with Gasteiger partial charge in [-0.05, 0) is 25.0 Å². The molecular weight excluding hydrogens is 244 g/mol. The maximum Gasteiger partial charge on any atom is 0.0642 e. The van der Waals surface area contributed by atoms with Gasteiger partial charge in [0.05, 0.1) is 10.7 Å². The maximum atomic E-state index is 6.38. The monoisotopic (exact) mass is 268 g/mol. The second kappa shape index (κ2) is 7.65. The van der Waals surface area contributed by atoms with E-state index < -0.39 is 0 Å². The van der Waals surface area contributed by atoms with E-state index in [0.717, 1.165) is 31.1 Å². The summed E-state index contributed by atoms with van der Waals surface area (Å²) in [6.45, 7) is 11.6. The lowest BCUT2D eigenvalue weighted by Crippen LogP contribution is -2.27. The van der Waals surface area contributed by atoms with Crippen molar-refractivity contribution < 1.29 is 0 Å². The smallest absolute Gasteiger partial charge is 0.0642 e. The molecule has 0 amide bonds. The van der Waals surface area contributed by atoms with Crippen molar-refractivity contribution in [2.45, 2.75) is 46.7 Å². The molecular formula is C15H25ClN2. The fraction of sp³-hybridized carbons (Fsp3) is 0.600. The maximum absolute atomic E-state index is 6.38. The van der Waals surface area contributed by atoms with Crippen LogP contribution >= 0.6 is 11.6 Å². The molecule has 0 spiro atoms. The van der Waals surface area contributed by atoms with E-state index in [-0.39, 0.29) is 0 Å². The Morgan fingerprint density at radius 1 is 1.28 bits per heavy atom. The molecule has 102 valence electrons. The molecule has 0 bridgehead atoms. The molecule has 2 nitrogen and oxygen atoms in total. The minimum atomic E-state index is 0.484. The summed E-state index contributed by atoms with van der Waals surface area (Å²) in [5, 5.41) is 4.32. The largest absolute Gasteiger partial charge is 0.370 e. The summed E-state index contributed by atoms with van der Waals surface area (Å²) in [6.07, 6.45) is 1.14. The molecule has 0 unspecified atom stereocenters. The van der Waals surface area contributed by atoms with Gasteiger partial charge in [-0.2, -0.15) is 0 Å². The van der Waals surface area contributed by atoms with Crippen molar-refractivity contribution in [1.29, 1.82) is 0 Å². The van der Waals surface area contributed by atoms with Crippen molar-refractivity contribution in [3.8, 4) is 0 Å². The molecule has 0 saturated heterocycles. The second-order valence-corrected chi connectivity index (χ2v) is 5.27. The quantitative estimate of drug-likeness (QED) is 0.802. The van der Waals surface area contributed by atoms with Gasteiger partial charge in [-0.15, -0.1) is 0 Å². The number of benzene rings is 1. The highest BCUT2D eigenvalue weighted by Gasteiger charge is 2.13. The van der Waals surface area contributed by atoms with Gasteiger partial charge in [-0.25, -0.2) is 0 Å². The van der Waals surface area contributed by atoms with E-state index in [1.165, 1.54) is 11.3 Å². The SMILES string of the molecule is CCCN(CC)c1c(Cl)cccc1CNC(C)C. The Kier molecular flexibility index (Phi) is 6.51. The van der Waals surface area contributed by atoms with Crippen LogP contribution in [0.3, 0.4) is 0 Å². The Morgan fingerprint density at radius 2 is 2.00 bits per heavy atom. The minimum Gasteiger partial charge on any atom is -0.370 e. The molecule has 0 aliphatic rings. The predicted octanol–water partition coefficient (Wildman–Crippen LogP) is 4.07. The van der Waals surface area contributed by atoms with Gasteiger partial charge in [0.1, 0.15) is 0 Å². The summed E-state index contributed by atoms with van der Waals surface area (Å²) in [4.78, 5) is 2.36. The first-order chi connectivity index (χ1) is 8.60. The lowest BCUT2D eigenvalue weighted by Gasteiger charge is -2.27. The number of hydrogen-bond acceptors (Lipinski definition) is 2. The van der Waals surface area contributed by atoms with E-state index in [9.17, 15) is 0 Å². The molecule has 0 fully saturated rings. The van der Waals surface area contributed by atoms with E-state index in [1.54, 1.807) is 0 Å². The molecule has 0 aliphatic heterocycles. The Hall–Kier alpha value is -0.730. The predicted molar refractivity (Wildman–Crippen MR) is 81.6 cm³/mol. The van der Waals surface area contributed by atoms with Crippen LogP contribution in [0.25, 0.3) is 0 Å². The molecule has 0 heterocycles. The lowest BCUT2D eigenvalue weighted by atomic mass is 10.1. The summed E-state index contributed by atoms with van der Waals surface area (Å²) in [5.74, 6) is 0. The third-order valence-electron chi connectivity index (χ3n) is 2.96. The first-order valence-electron chi connectivity index (χ1n) is 6.85. The number of para-hydroxylation sites is 1. The second-order valence-electron chi connectivity index (χ2n) is 4.86. The fourth-order valence-electron chi connectivity index (χ4n) is 2.07. The van der Waals surface area contributed by atoms with Crippen LogP contribution in [0.2, 0.25) is 5.02 Å². The Morgan fingerprint density at radius 3 is 2.56 bits per heavy atom. The first-order valence-corrected chi connectivity index (χ1v) is 7.23. The van der Waals surface area contributed by atoms with E-state index in [0.29, 0.717) is 6.04 Å². The van der Waals surface area contributed by atoms with Crippen molar-refractivity contribution in [3.63, 3.8) is 0 Å². The van der Waals surface area contributed by atoms with Crippen LogP contribution in [0, 0.1) is 0 Å². The summed E-state index contributed by atoms with van der Waals surface area (Å²) in [5.41, 5.74) is 2.48. The number of hydrogen-bond donors (Lipinski definition) is 1. The highest BCUT2D eigenvalue weighted by atomic mass is 35.5. The molecule has 0 aromatic heterocycles. The van der Waals surface area contributed by atoms with Crippen molar-refractivity contribution in [2.24, 2.45) is 0 Å². The van der Waals surface area contributed by atoms with Crippen LogP contribution in [-0.4, -0.2) is 19.1 Å². The highest BCUT2D eigenvalue weighted by Crippen LogP contribution is 2.30. The van der Waals surface area contributed by atoms with Gasteiger partial charge in [-0.3, -0.25) is 0 Å². The topological polar surface area (TPSA) is 15.3 Å². The van der Waals surface area contributed by atoms with E-state index in [2.05, 4.69) is 44.0 Å². The Balaban J connectivity index is 2.98. The van der Waals surface area contributed by atoms with Crippen LogP contribution in [-0.2, 0) is 6.54 Å². The number of halogens is 1. The van der Waals surface area contributed by atoms with Crippen molar-refractivity contribution in [1.82, 2.24) is 5.32 Å². The van der Waals surface area contributed by atoms with Crippen LogP contribution in [0.4, 0.5) is 5.69 Å². The lowest BCUT2D eigenvalue weighted by molar-refractivity contribution is 0.587. The third kappa shape index (κ3) is 4.18. The minimum absolute atomic E-state index is 0.484. The molecule has 1 N–H and O–H groups in total. The van der Waals surface area contributed by atoms with Gasteiger partial charge < -0.3 is 10.2 Å². The van der Waals surface area contributed by atoms with Gasteiger partial charge in [0.25, 0.3) is 0 Å². The highest BCUT2D eigenvalue weighted by molar-refractivity contribution is 6.33. The van der Waals surface area contributed by atoms with Gasteiger partial charge in [0, 0.05) is 25.7 Å². The number of nitrogens with one attached hydrogen (secondary N) is 1. The van der Waals surface area contributed by atoms with Crippen molar-refractivity contribution in [2.75, 3.05) is 18.0 Å². The zero-order chi connectivity index (χ0) is 13.5. The molecule has 0 saturated carbocycles. The average molecular weight is 269 g/mol. The van der Waals surface area contributed by atoms with E-state index in [4.69, 9.17) is 11.6 Å².